The number of carboxylic acids is 1. The van der Waals surface area contributed by atoms with Crippen LogP contribution < -0.4 is 5.32 Å². The molecule has 1 rings (SSSR count). The molecule has 0 fully saturated rings. The number of amides is 1. The van der Waals surface area contributed by atoms with Gasteiger partial charge in [0.15, 0.2) is 0 Å². The third-order valence-electron chi connectivity index (χ3n) is 3.73. The Morgan fingerprint density at radius 2 is 1.59 bits per heavy atom. The van der Waals surface area contributed by atoms with Crippen molar-refractivity contribution in [2.45, 2.75) is 60.2 Å². The number of carbonyl (C=O) groups excluding carboxylic acids is 2. The predicted molar refractivity (Wildman–Crippen MR) is 112 cm³/mol. The Kier molecular flexibility index (Phi) is 12.7. The van der Waals surface area contributed by atoms with Crippen LogP contribution in [0.2, 0.25) is 5.02 Å². The summed E-state index contributed by atoms with van der Waals surface area (Å²) in [7, 11) is 0. The molecule has 0 aliphatic carbocycles. The van der Waals surface area contributed by atoms with Crippen molar-refractivity contribution in [1.82, 2.24) is 5.32 Å². The lowest BCUT2D eigenvalue weighted by Crippen LogP contribution is -2.37. The van der Waals surface area contributed by atoms with E-state index in [1.807, 2.05) is 13.8 Å². The molecule has 1 unspecified atom stereocenters. The molecule has 0 saturated carbocycles. The first-order valence-electron chi connectivity index (χ1n) is 9.72. The SMILES string of the molecule is CC.CC(C)C(=O)OC(OC(=O)NC[C@H](CC(=O)O)c1ccc(Cl)cc1)C(C)C. The maximum atomic E-state index is 12.1. The number of rotatable bonds is 9. The fourth-order valence-corrected chi connectivity index (χ4v) is 2.28. The Hall–Kier alpha value is -2.28. The minimum absolute atomic E-state index is 0.0513. The van der Waals surface area contributed by atoms with Crippen molar-refractivity contribution in [2.75, 3.05) is 6.54 Å². The van der Waals surface area contributed by atoms with Gasteiger partial charge in [0, 0.05) is 23.4 Å². The zero-order chi connectivity index (χ0) is 22.6. The van der Waals surface area contributed by atoms with Crippen molar-refractivity contribution >= 4 is 29.6 Å². The Morgan fingerprint density at radius 1 is 1.03 bits per heavy atom. The number of carbonyl (C=O) groups is 3. The van der Waals surface area contributed by atoms with E-state index in [4.69, 9.17) is 26.2 Å². The maximum Gasteiger partial charge on any atom is 0.410 e. The zero-order valence-corrected chi connectivity index (χ0v) is 18.7. The van der Waals surface area contributed by atoms with Gasteiger partial charge >= 0.3 is 18.0 Å². The Balaban J connectivity index is 0.00000379. The monoisotopic (exact) mass is 429 g/mol. The van der Waals surface area contributed by atoms with E-state index in [2.05, 4.69) is 5.32 Å². The number of ether oxygens (including phenoxy) is 2. The molecule has 0 radical (unpaired) electrons. The maximum absolute atomic E-state index is 12.1. The second kappa shape index (κ2) is 13.8. The van der Waals surface area contributed by atoms with Gasteiger partial charge in [-0.05, 0) is 17.7 Å². The van der Waals surface area contributed by atoms with Crippen LogP contribution in [0, 0.1) is 11.8 Å². The molecule has 0 bridgehead atoms. The first-order chi connectivity index (χ1) is 13.6. The molecule has 0 heterocycles. The molecular formula is C21H32ClNO6. The Morgan fingerprint density at radius 3 is 2.03 bits per heavy atom. The third kappa shape index (κ3) is 10.7. The molecule has 164 valence electrons. The van der Waals surface area contributed by atoms with Gasteiger partial charge in [-0.1, -0.05) is 65.3 Å². The van der Waals surface area contributed by atoms with E-state index >= 15 is 0 Å². The van der Waals surface area contributed by atoms with Crippen LogP contribution in [0.3, 0.4) is 0 Å². The van der Waals surface area contributed by atoms with Gasteiger partial charge in [0.2, 0.25) is 0 Å². The Bertz CT molecular complexity index is 645. The number of carboxylic acid groups (broad SMARTS) is 1. The Labute approximate surface area is 177 Å². The number of benzene rings is 1. The fraction of sp³-hybridized carbons (Fsp3) is 0.571. The zero-order valence-electron chi connectivity index (χ0n) is 17.9. The molecule has 0 spiro atoms. The van der Waals surface area contributed by atoms with E-state index in [0.29, 0.717) is 5.02 Å². The van der Waals surface area contributed by atoms with E-state index in [9.17, 15) is 14.4 Å². The molecule has 1 aromatic rings. The van der Waals surface area contributed by atoms with E-state index in [1.54, 1.807) is 52.0 Å². The summed E-state index contributed by atoms with van der Waals surface area (Å²) in [4.78, 5) is 34.9. The summed E-state index contributed by atoms with van der Waals surface area (Å²) >= 11 is 5.85. The minimum atomic E-state index is -1.02. The molecule has 1 aromatic carbocycles. The van der Waals surface area contributed by atoms with Crippen molar-refractivity contribution in [3.05, 3.63) is 34.9 Å². The van der Waals surface area contributed by atoms with Gasteiger partial charge < -0.3 is 19.9 Å². The summed E-state index contributed by atoms with van der Waals surface area (Å²) in [6.07, 6.45) is -1.97. The minimum Gasteiger partial charge on any atom is -0.481 e. The summed E-state index contributed by atoms with van der Waals surface area (Å²) in [5.74, 6) is -2.49. The lowest BCUT2D eigenvalue weighted by atomic mass is 9.96. The van der Waals surface area contributed by atoms with E-state index in [0.717, 1.165) is 5.56 Å². The molecule has 0 saturated heterocycles. The first-order valence-corrected chi connectivity index (χ1v) is 10.1. The number of nitrogens with one attached hydrogen (secondary N) is 1. The standard InChI is InChI=1S/C19H26ClNO6.C2H6/c1-11(2)17(24)26-18(12(3)4)27-19(25)21-10-14(9-16(22)23)13-5-7-15(20)8-6-13;1-2/h5-8,11-12,14,18H,9-10H2,1-4H3,(H,21,25)(H,22,23);1-2H3/t14-,18?;/m0./s1. The highest BCUT2D eigenvalue weighted by atomic mass is 35.5. The molecule has 0 aromatic heterocycles. The number of esters is 1. The van der Waals surface area contributed by atoms with Crippen molar-refractivity contribution < 1.29 is 29.0 Å². The van der Waals surface area contributed by atoms with Crippen LogP contribution in [0.25, 0.3) is 0 Å². The average Bonchev–Trinajstić information content (AvgIpc) is 2.66. The van der Waals surface area contributed by atoms with Gasteiger partial charge in [0.05, 0.1) is 12.3 Å². The predicted octanol–water partition coefficient (Wildman–Crippen LogP) is 4.83. The fourth-order valence-electron chi connectivity index (χ4n) is 2.15. The average molecular weight is 430 g/mol. The van der Waals surface area contributed by atoms with Crippen LogP contribution >= 0.6 is 11.6 Å². The summed E-state index contributed by atoms with van der Waals surface area (Å²) in [5, 5.41) is 12.2. The molecule has 0 aliphatic rings. The van der Waals surface area contributed by atoms with Crippen LogP contribution in [0.4, 0.5) is 4.79 Å². The summed E-state index contributed by atoms with van der Waals surface area (Å²) in [6.45, 7) is 10.9. The highest BCUT2D eigenvalue weighted by molar-refractivity contribution is 6.30. The highest BCUT2D eigenvalue weighted by Gasteiger charge is 2.25. The van der Waals surface area contributed by atoms with Crippen molar-refractivity contribution in [3.8, 4) is 0 Å². The molecular weight excluding hydrogens is 398 g/mol. The first kappa shape index (κ1) is 26.7. The highest BCUT2D eigenvalue weighted by Crippen LogP contribution is 2.21. The second-order valence-corrected chi connectivity index (χ2v) is 7.27. The van der Waals surface area contributed by atoms with Gasteiger partial charge in [-0.3, -0.25) is 9.59 Å². The largest absolute Gasteiger partial charge is 0.481 e. The lowest BCUT2D eigenvalue weighted by molar-refractivity contribution is -0.178. The molecule has 7 nitrogen and oxygen atoms in total. The molecule has 29 heavy (non-hydrogen) atoms. The summed E-state index contributed by atoms with van der Waals surface area (Å²) < 4.78 is 10.4. The van der Waals surface area contributed by atoms with Crippen molar-refractivity contribution in [1.29, 1.82) is 0 Å². The van der Waals surface area contributed by atoms with Gasteiger partial charge in [-0.25, -0.2) is 4.79 Å². The van der Waals surface area contributed by atoms with Gasteiger partial charge in [-0.2, -0.15) is 0 Å². The smallest absolute Gasteiger partial charge is 0.410 e. The number of hydrogen-bond acceptors (Lipinski definition) is 5. The number of halogens is 1. The van der Waals surface area contributed by atoms with Gasteiger partial charge in [0.25, 0.3) is 6.29 Å². The molecule has 0 aliphatic heterocycles. The second-order valence-electron chi connectivity index (χ2n) is 6.84. The third-order valence-corrected chi connectivity index (χ3v) is 3.98. The molecule has 2 atom stereocenters. The van der Waals surface area contributed by atoms with E-state index in [1.165, 1.54) is 0 Å². The van der Waals surface area contributed by atoms with Crippen LogP contribution in [-0.2, 0) is 19.1 Å². The summed E-state index contributed by atoms with van der Waals surface area (Å²) in [6, 6.07) is 6.74. The van der Waals surface area contributed by atoms with E-state index < -0.39 is 30.2 Å². The normalized spacial score (nSPS) is 12.4. The van der Waals surface area contributed by atoms with Crippen LogP contribution in [0.5, 0.6) is 0 Å². The molecule has 1 amide bonds. The number of aliphatic carboxylic acids is 1. The van der Waals surface area contributed by atoms with Gasteiger partial charge in [0.1, 0.15) is 0 Å². The van der Waals surface area contributed by atoms with Crippen molar-refractivity contribution in [3.63, 3.8) is 0 Å². The molecule has 8 heteroatoms. The number of hydrogen-bond donors (Lipinski definition) is 2. The van der Waals surface area contributed by atoms with Crippen LogP contribution in [0.15, 0.2) is 24.3 Å². The van der Waals surface area contributed by atoms with Crippen molar-refractivity contribution in [2.24, 2.45) is 11.8 Å². The topological polar surface area (TPSA) is 102 Å². The number of alkyl carbamates (subject to hydrolysis) is 1. The van der Waals surface area contributed by atoms with Gasteiger partial charge in [-0.15, -0.1) is 0 Å². The van der Waals surface area contributed by atoms with Crippen LogP contribution in [0.1, 0.15) is 59.4 Å². The molecule has 2 N–H and O–H groups in total. The van der Waals surface area contributed by atoms with Crippen LogP contribution in [-0.4, -0.2) is 36.0 Å². The summed E-state index contributed by atoms with van der Waals surface area (Å²) in [5.41, 5.74) is 0.730. The quantitative estimate of drug-likeness (QED) is 0.430. The lowest BCUT2D eigenvalue weighted by Gasteiger charge is -2.23. The van der Waals surface area contributed by atoms with E-state index in [-0.39, 0.29) is 24.8 Å².